The number of thioether (sulfide) groups is 2. The van der Waals surface area contributed by atoms with E-state index in [0.717, 1.165) is 22.7 Å². The number of hydrogen-bond acceptors (Lipinski definition) is 15. The smallest absolute Gasteiger partial charge is 0.347 e. The van der Waals surface area contributed by atoms with Crippen molar-refractivity contribution in [1.29, 1.82) is 0 Å². The number of carbonyl (C=O) groups is 4. The van der Waals surface area contributed by atoms with E-state index in [4.69, 9.17) is 27.1 Å². The first kappa shape index (κ1) is 30.8. The second kappa shape index (κ2) is 12.8. The number of β-lactam (4-membered cyclic amide) rings is 1. The monoisotopic (exact) mass is 637 g/mol. The molecule has 4 rings (SSSR count). The number of nitrogen functional groups attached to an aromatic ring is 3. The number of fused-ring (bicyclic) bond motifs is 1. The maximum atomic E-state index is 13.1. The highest BCUT2D eigenvalue weighted by Crippen LogP contribution is 2.41. The van der Waals surface area contributed by atoms with Gasteiger partial charge in [-0.15, -0.1) is 23.1 Å². The standard InChI is InChI=1S/C23H27N9O7S3/c1-3-4-31-13(25)5-12(24)28-23(31)42-7-10-6-40-19-15(18(34)32(19)16(10)21(37)38)29-17(33)14(11-8-41-22(26)27-11)30-39-9(2)20(35)36/h5,8-9,15,19H,3-4,6-7H2,1-2H3,(H8,24,25,26,27,29,33,35,36,37,38)/b30-14-. The van der Waals surface area contributed by atoms with Gasteiger partial charge in [0.05, 0.1) is 24.3 Å². The zero-order valence-corrected chi connectivity index (χ0v) is 24.8. The highest BCUT2D eigenvalue weighted by atomic mass is 32.2. The molecule has 2 aliphatic rings. The first-order valence-electron chi connectivity index (χ1n) is 12.4. The fourth-order valence-electron chi connectivity index (χ4n) is 4.02. The molecule has 3 atom stereocenters. The Balaban J connectivity index is 1.52. The first-order chi connectivity index (χ1) is 19.9. The number of anilines is 3. The van der Waals surface area contributed by atoms with Crippen LogP contribution in [-0.2, 0) is 30.6 Å². The molecule has 4 heterocycles. The summed E-state index contributed by atoms with van der Waals surface area (Å²) in [7, 11) is 0. The van der Waals surface area contributed by atoms with E-state index in [2.05, 4.69) is 20.4 Å². The van der Waals surface area contributed by atoms with E-state index in [1.807, 2.05) is 6.92 Å². The minimum atomic E-state index is -1.54. The lowest BCUT2D eigenvalue weighted by Crippen LogP contribution is -2.71. The van der Waals surface area contributed by atoms with E-state index in [1.165, 1.54) is 41.9 Å². The first-order valence-corrected chi connectivity index (χ1v) is 15.3. The van der Waals surface area contributed by atoms with Gasteiger partial charge < -0.3 is 42.4 Å². The summed E-state index contributed by atoms with van der Waals surface area (Å²) in [5.74, 6) is -3.37. The Hall–Kier alpha value is -4.10. The molecule has 2 aliphatic heterocycles. The highest BCUT2D eigenvalue weighted by molar-refractivity contribution is 8.01. The van der Waals surface area contributed by atoms with Gasteiger partial charge in [0, 0.05) is 16.9 Å². The number of aliphatic carboxylic acids is 2. The normalized spacial score (nSPS) is 19.1. The predicted molar refractivity (Wildman–Crippen MR) is 153 cm³/mol. The van der Waals surface area contributed by atoms with E-state index in [0.29, 0.717) is 23.1 Å². The van der Waals surface area contributed by atoms with Gasteiger partial charge in [0.25, 0.3) is 11.8 Å². The van der Waals surface area contributed by atoms with Crippen LogP contribution >= 0.6 is 34.9 Å². The van der Waals surface area contributed by atoms with Crippen molar-refractivity contribution in [3.63, 3.8) is 0 Å². The number of nitrogens with one attached hydrogen (secondary N) is 1. The fraction of sp³-hybridized carbons (Fsp3) is 0.391. The molecular weight excluding hydrogens is 611 g/mol. The molecule has 0 aliphatic carbocycles. The Kier molecular flexibility index (Phi) is 9.42. The number of nitrogens with two attached hydrogens (primary N) is 3. The second-order valence-electron chi connectivity index (χ2n) is 9.03. The van der Waals surface area contributed by atoms with Crippen molar-refractivity contribution in [3.8, 4) is 0 Å². The van der Waals surface area contributed by atoms with E-state index >= 15 is 0 Å². The molecule has 0 aromatic carbocycles. The van der Waals surface area contributed by atoms with Crippen LogP contribution in [0, 0.1) is 0 Å². The quantitative estimate of drug-likeness (QED) is 0.0437. The summed E-state index contributed by atoms with van der Waals surface area (Å²) in [6.07, 6.45) is -0.595. The molecule has 0 bridgehead atoms. The van der Waals surface area contributed by atoms with Gasteiger partial charge in [0.2, 0.25) is 17.7 Å². The molecule has 224 valence electrons. The van der Waals surface area contributed by atoms with Crippen LogP contribution in [0.4, 0.5) is 16.8 Å². The van der Waals surface area contributed by atoms with E-state index < -0.39 is 47.0 Å². The van der Waals surface area contributed by atoms with Crippen molar-refractivity contribution in [2.75, 3.05) is 28.7 Å². The number of carbonyl (C=O) groups excluding carboxylic acids is 3. The molecule has 8 N–H and O–H groups in total. The largest absolute Gasteiger partial charge is 0.543 e. The van der Waals surface area contributed by atoms with Crippen LogP contribution < -0.4 is 32.2 Å². The molecule has 0 spiro atoms. The zero-order valence-electron chi connectivity index (χ0n) is 22.3. The Labute approximate surface area is 251 Å². The Morgan fingerprint density at radius 1 is 1.36 bits per heavy atom. The summed E-state index contributed by atoms with van der Waals surface area (Å²) in [6, 6.07) is 0.435. The number of aromatic nitrogens is 3. The van der Waals surface area contributed by atoms with Gasteiger partial charge in [0.15, 0.2) is 10.8 Å². The fourth-order valence-corrected chi connectivity index (χ4v) is 7.11. The molecule has 2 amide bonds. The average Bonchev–Trinajstić information content (AvgIpc) is 3.36. The van der Waals surface area contributed by atoms with Crippen LogP contribution in [0.3, 0.4) is 0 Å². The lowest BCUT2D eigenvalue weighted by atomic mass is 10.0. The number of rotatable bonds is 12. The molecule has 1 fully saturated rings. The summed E-state index contributed by atoms with van der Waals surface area (Å²) >= 11 is 3.50. The van der Waals surface area contributed by atoms with Crippen LogP contribution in [0.2, 0.25) is 0 Å². The highest BCUT2D eigenvalue weighted by Gasteiger charge is 2.53. The van der Waals surface area contributed by atoms with Crippen LogP contribution in [-0.4, -0.2) is 78.5 Å². The number of thiazole rings is 1. The molecule has 16 nitrogen and oxygen atoms in total. The second-order valence-corrected chi connectivity index (χ2v) is 12.0. The van der Waals surface area contributed by atoms with Crippen LogP contribution in [0.1, 0.15) is 26.0 Å². The van der Waals surface area contributed by atoms with Crippen molar-refractivity contribution < 1.29 is 38.8 Å². The SMILES string of the molecule is CCC[n+]1c(N)cc(N)nc1SCC1=C(C(=O)[O-])N2C(=O)C(NC(=O)/C(=N\OC(C)C(=O)O)c3csc(N)n3)C2SC1. The van der Waals surface area contributed by atoms with E-state index in [1.54, 1.807) is 4.57 Å². The van der Waals surface area contributed by atoms with Crippen molar-refractivity contribution in [2.45, 2.75) is 49.5 Å². The molecule has 0 saturated carbocycles. The van der Waals surface area contributed by atoms with Gasteiger partial charge >= 0.3 is 11.1 Å². The number of oxime groups is 1. The summed E-state index contributed by atoms with van der Waals surface area (Å²) in [5.41, 5.74) is 17.4. The topological polar surface area (TPSA) is 256 Å². The summed E-state index contributed by atoms with van der Waals surface area (Å²) in [6.45, 7) is 3.77. The minimum absolute atomic E-state index is 0.0123. The number of hydrogen-bond donors (Lipinski definition) is 5. The zero-order chi connectivity index (χ0) is 30.7. The molecule has 2 aromatic heterocycles. The number of carboxylic acids is 2. The summed E-state index contributed by atoms with van der Waals surface area (Å²) in [5, 5.41) is 28.7. The van der Waals surface area contributed by atoms with Crippen molar-refractivity contribution >= 4 is 81.1 Å². The third-order valence-corrected chi connectivity index (χ3v) is 9.12. The predicted octanol–water partition coefficient (Wildman–Crippen LogP) is -1.63. The third kappa shape index (κ3) is 6.36. The van der Waals surface area contributed by atoms with Gasteiger partial charge in [-0.3, -0.25) is 14.5 Å². The Morgan fingerprint density at radius 2 is 2.10 bits per heavy atom. The average molecular weight is 638 g/mol. The molecule has 2 aromatic rings. The maximum Gasteiger partial charge on any atom is 0.347 e. The van der Waals surface area contributed by atoms with Crippen molar-refractivity contribution in [2.24, 2.45) is 5.16 Å². The van der Waals surface area contributed by atoms with Gasteiger partial charge in [-0.2, -0.15) is 0 Å². The minimum Gasteiger partial charge on any atom is -0.543 e. The maximum absolute atomic E-state index is 13.1. The number of nitrogens with zero attached hydrogens (tertiary/aromatic N) is 5. The van der Waals surface area contributed by atoms with Crippen LogP contribution in [0.5, 0.6) is 0 Å². The molecular formula is C23H27N9O7S3. The van der Waals surface area contributed by atoms with Gasteiger partial charge in [-0.1, -0.05) is 17.1 Å². The molecule has 3 unspecified atom stereocenters. The van der Waals surface area contributed by atoms with Gasteiger partial charge in [0.1, 0.15) is 17.1 Å². The van der Waals surface area contributed by atoms with Gasteiger partial charge in [-0.25, -0.2) is 14.3 Å². The third-order valence-electron chi connectivity index (χ3n) is 6.04. The summed E-state index contributed by atoms with van der Waals surface area (Å²) < 4.78 is 1.77. The van der Waals surface area contributed by atoms with Crippen molar-refractivity contribution in [1.82, 2.24) is 20.2 Å². The summed E-state index contributed by atoms with van der Waals surface area (Å²) in [4.78, 5) is 63.9. The number of amides is 2. The number of carboxylic acid groups (broad SMARTS) is 2. The molecule has 19 heteroatoms. The molecule has 42 heavy (non-hydrogen) atoms. The van der Waals surface area contributed by atoms with Gasteiger partial charge in [-0.05, 0) is 30.7 Å². The lowest BCUT2D eigenvalue weighted by molar-refractivity contribution is -0.723. The van der Waals surface area contributed by atoms with E-state index in [-0.39, 0.29) is 33.8 Å². The van der Waals surface area contributed by atoms with Crippen molar-refractivity contribution in [3.05, 3.63) is 28.4 Å². The Bertz CT molecular complexity index is 1500. The van der Waals surface area contributed by atoms with Crippen LogP contribution in [0.15, 0.2) is 33.0 Å². The van der Waals surface area contributed by atoms with Crippen LogP contribution in [0.25, 0.3) is 0 Å². The lowest BCUT2D eigenvalue weighted by Gasteiger charge is -2.50. The molecule has 1 saturated heterocycles. The molecule has 0 radical (unpaired) electrons. The van der Waals surface area contributed by atoms with E-state index in [9.17, 15) is 24.3 Å². The Morgan fingerprint density at radius 3 is 2.71 bits per heavy atom.